The predicted octanol–water partition coefficient (Wildman–Crippen LogP) is 6.55. The van der Waals surface area contributed by atoms with E-state index in [0.29, 0.717) is 24.7 Å². The summed E-state index contributed by atoms with van der Waals surface area (Å²) in [7, 11) is 1.66. The van der Waals surface area contributed by atoms with Gasteiger partial charge in [0.05, 0.1) is 24.8 Å². The molecule has 0 saturated carbocycles. The third-order valence-corrected chi connectivity index (χ3v) is 5.82. The average Bonchev–Trinajstić information content (AvgIpc) is 3.24. The lowest BCUT2D eigenvalue weighted by atomic mass is 10.1. The second-order valence-electron chi connectivity index (χ2n) is 8.24. The SMILES string of the molecule is C=CCc1ccc(OCc2nc3ccccc3n2CCCOc2ccccc2CC=C)c(OC)c1. The molecule has 1 heterocycles. The summed E-state index contributed by atoms with van der Waals surface area (Å²) in [5.41, 5.74) is 4.33. The summed E-state index contributed by atoms with van der Waals surface area (Å²) in [5.74, 6) is 3.19. The third-order valence-electron chi connectivity index (χ3n) is 5.82. The summed E-state index contributed by atoms with van der Waals surface area (Å²) in [4.78, 5) is 4.84. The average molecular weight is 469 g/mol. The van der Waals surface area contributed by atoms with Gasteiger partial charge in [0.1, 0.15) is 18.2 Å². The van der Waals surface area contributed by atoms with Gasteiger partial charge < -0.3 is 18.8 Å². The van der Waals surface area contributed by atoms with Crippen molar-refractivity contribution in [2.45, 2.75) is 32.4 Å². The van der Waals surface area contributed by atoms with E-state index in [1.54, 1.807) is 7.11 Å². The Balaban J connectivity index is 1.46. The number of hydrogen-bond donors (Lipinski definition) is 0. The quantitative estimate of drug-likeness (QED) is 0.165. The fourth-order valence-electron chi connectivity index (χ4n) is 4.13. The second-order valence-corrected chi connectivity index (χ2v) is 8.24. The molecule has 0 spiro atoms. The number of hydrogen-bond acceptors (Lipinski definition) is 4. The molecule has 0 fully saturated rings. The van der Waals surface area contributed by atoms with E-state index in [0.717, 1.165) is 59.5 Å². The number of aryl methyl sites for hydroxylation is 1. The Hall–Kier alpha value is -3.99. The zero-order valence-electron chi connectivity index (χ0n) is 20.3. The topological polar surface area (TPSA) is 45.5 Å². The number of ether oxygens (including phenoxy) is 3. The van der Waals surface area contributed by atoms with Gasteiger partial charge in [-0.05, 0) is 60.7 Å². The molecular formula is C30H32N2O3. The monoisotopic (exact) mass is 468 g/mol. The highest BCUT2D eigenvalue weighted by molar-refractivity contribution is 5.75. The molecular weight excluding hydrogens is 436 g/mol. The smallest absolute Gasteiger partial charge is 0.161 e. The Kier molecular flexibility index (Phi) is 8.23. The minimum atomic E-state index is 0.342. The summed E-state index contributed by atoms with van der Waals surface area (Å²) >= 11 is 0. The van der Waals surface area contributed by atoms with Crippen molar-refractivity contribution >= 4 is 11.0 Å². The highest BCUT2D eigenvalue weighted by Crippen LogP contribution is 2.29. The van der Waals surface area contributed by atoms with Crippen LogP contribution in [0.5, 0.6) is 17.2 Å². The van der Waals surface area contributed by atoms with Crippen molar-refractivity contribution in [3.8, 4) is 17.2 Å². The normalized spacial score (nSPS) is 10.8. The first-order chi connectivity index (χ1) is 17.2. The van der Waals surface area contributed by atoms with Gasteiger partial charge in [-0.25, -0.2) is 4.98 Å². The molecule has 0 unspecified atom stereocenters. The number of methoxy groups -OCH3 is 1. The molecule has 0 N–H and O–H groups in total. The molecule has 35 heavy (non-hydrogen) atoms. The maximum Gasteiger partial charge on any atom is 0.161 e. The third kappa shape index (κ3) is 5.93. The first-order valence-electron chi connectivity index (χ1n) is 11.9. The number of rotatable bonds is 13. The number of aromatic nitrogens is 2. The number of benzene rings is 3. The zero-order valence-corrected chi connectivity index (χ0v) is 20.3. The van der Waals surface area contributed by atoms with Gasteiger partial charge in [0.2, 0.25) is 0 Å². The molecule has 1 aromatic heterocycles. The fraction of sp³-hybridized carbons (Fsp3) is 0.233. The van der Waals surface area contributed by atoms with E-state index in [-0.39, 0.29) is 0 Å². The lowest BCUT2D eigenvalue weighted by Crippen LogP contribution is -2.10. The van der Waals surface area contributed by atoms with Crippen molar-refractivity contribution in [3.05, 3.63) is 109 Å². The van der Waals surface area contributed by atoms with Crippen LogP contribution in [0.4, 0.5) is 0 Å². The minimum Gasteiger partial charge on any atom is -0.493 e. The van der Waals surface area contributed by atoms with Gasteiger partial charge in [0, 0.05) is 6.54 Å². The molecule has 0 bridgehead atoms. The van der Waals surface area contributed by atoms with Crippen LogP contribution in [0.2, 0.25) is 0 Å². The van der Waals surface area contributed by atoms with Crippen molar-refractivity contribution in [2.75, 3.05) is 13.7 Å². The van der Waals surface area contributed by atoms with Crippen LogP contribution in [0.15, 0.2) is 92.0 Å². The molecule has 180 valence electrons. The first-order valence-corrected chi connectivity index (χ1v) is 11.9. The molecule has 0 amide bonds. The van der Waals surface area contributed by atoms with Gasteiger partial charge >= 0.3 is 0 Å². The van der Waals surface area contributed by atoms with E-state index in [1.165, 1.54) is 0 Å². The molecule has 0 aliphatic heterocycles. The van der Waals surface area contributed by atoms with Crippen molar-refractivity contribution < 1.29 is 14.2 Å². The molecule has 4 aromatic rings. The van der Waals surface area contributed by atoms with Crippen LogP contribution in [0.1, 0.15) is 23.4 Å². The standard InChI is InChI=1S/C30H32N2O3/c1-4-11-23-17-18-28(29(21-23)33-3)35-22-30-31-25-14-7-8-15-26(25)32(30)19-10-20-34-27-16-9-6-13-24(27)12-5-2/h4-9,13-18,21H,1-2,10-12,19-20,22H2,3H3. The maximum absolute atomic E-state index is 6.16. The Morgan fingerprint density at radius 3 is 2.49 bits per heavy atom. The summed E-state index contributed by atoms with van der Waals surface area (Å²) in [6.07, 6.45) is 6.19. The van der Waals surface area contributed by atoms with E-state index in [4.69, 9.17) is 19.2 Å². The van der Waals surface area contributed by atoms with E-state index in [2.05, 4.69) is 29.9 Å². The van der Waals surface area contributed by atoms with E-state index in [1.807, 2.05) is 66.7 Å². The van der Waals surface area contributed by atoms with Gasteiger partial charge in [-0.2, -0.15) is 0 Å². The Labute approximate surface area is 207 Å². The summed E-state index contributed by atoms with van der Waals surface area (Å²) in [6.45, 7) is 9.37. The summed E-state index contributed by atoms with van der Waals surface area (Å²) in [5, 5.41) is 0. The Bertz CT molecular complexity index is 1290. The van der Waals surface area contributed by atoms with Crippen molar-refractivity contribution in [2.24, 2.45) is 0 Å². The van der Waals surface area contributed by atoms with Crippen LogP contribution in [0, 0.1) is 0 Å². The van der Waals surface area contributed by atoms with Crippen LogP contribution in [-0.2, 0) is 26.0 Å². The van der Waals surface area contributed by atoms with Crippen LogP contribution >= 0.6 is 0 Å². The maximum atomic E-state index is 6.16. The van der Waals surface area contributed by atoms with E-state index in [9.17, 15) is 0 Å². The van der Waals surface area contributed by atoms with Gasteiger partial charge in [-0.1, -0.05) is 48.6 Å². The predicted molar refractivity (Wildman–Crippen MR) is 141 cm³/mol. The van der Waals surface area contributed by atoms with E-state index < -0.39 is 0 Å². The summed E-state index contributed by atoms with van der Waals surface area (Å²) < 4.78 is 20.0. The van der Waals surface area contributed by atoms with Gasteiger partial charge in [-0.3, -0.25) is 0 Å². The highest BCUT2D eigenvalue weighted by Gasteiger charge is 2.13. The molecule has 0 aliphatic carbocycles. The molecule has 4 rings (SSSR count). The number of fused-ring (bicyclic) bond motifs is 1. The molecule has 0 radical (unpaired) electrons. The van der Waals surface area contributed by atoms with Gasteiger partial charge in [0.25, 0.3) is 0 Å². The fourth-order valence-corrected chi connectivity index (χ4v) is 4.13. The number of allylic oxidation sites excluding steroid dienone is 2. The molecule has 0 atom stereocenters. The van der Waals surface area contributed by atoms with Gasteiger partial charge in [0.15, 0.2) is 11.5 Å². The largest absolute Gasteiger partial charge is 0.493 e. The van der Waals surface area contributed by atoms with Crippen molar-refractivity contribution in [1.29, 1.82) is 0 Å². The highest BCUT2D eigenvalue weighted by atomic mass is 16.5. The Morgan fingerprint density at radius 2 is 1.66 bits per heavy atom. The number of nitrogens with zero attached hydrogens (tertiary/aromatic N) is 2. The minimum absolute atomic E-state index is 0.342. The van der Waals surface area contributed by atoms with Crippen LogP contribution in [0.3, 0.4) is 0 Å². The van der Waals surface area contributed by atoms with Crippen LogP contribution in [-0.4, -0.2) is 23.3 Å². The Morgan fingerprint density at radius 1 is 0.857 bits per heavy atom. The summed E-state index contributed by atoms with van der Waals surface area (Å²) in [6, 6.07) is 22.2. The lowest BCUT2D eigenvalue weighted by Gasteiger charge is -2.14. The molecule has 0 saturated heterocycles. The van der Waals surface area contributed by atoms with Crippen molar-refractivity contribution in [3.63, 3.8) is 0 Å². The number of imidazole rings is 1. The van der Waals surface area contributed by atoms with E-state index >= 15 is 0 Å². The molecule has 3 aromatic carbocycles. The second kappa shape index (κ2) is 11.9. The van der Waals surface area contributed by atoms with Crippen LogP contribution in [0.25, 0.3) is 11.0 Å². The lowest BCUT2D eigenvalue weighted by molar-refractivity contribution is 0.267. The molecule has 5 nitrogen and oxygen atoms in total. The first kappa shape index (κ1) is 24.1. The van der Waals surface area contributed by atoms with Crippen molar-refractivity contribution in [1.82, 2.24) is 9.55 Å². The zero-order chi connectivity index (χ0) is 24.5. The molecule has 5 heteroatoms. The number of para-hydroxylation sites is 3. The van der Waals surface area contributed by atoms with Gasteiger partial charge in [-0.15, -0.1) is 13.2 Å². The molecule has 0 aliphatic rings. The van der Waals surface area contributed by atoms with Crippen LogP contribution < -0.4 is 14.2 Å².